The second kappa shape index (κ2) is 4.45. The minimum Gasteiger partial charge on any atom is -0.276 e. The number of aromatic nitrogens is 3. The van der Waals surface area contributed by atoms with E-state index in [0.29, 0.717) is 0 Å². The van der Waals surface area contributed by atoms with E-state index in [2.05, 4.69) is 112 Å². The Kier molecular flexibility index (Phi) is 2.96. The van der Waals surface area contributed by atoms with Crippen molar-refractivity contribution in [2.45, 2.75) is 0 Å². The fraction of sp³-hybridized carbons (Fsp3) is 0. The first-order chi connectivity index (χ1) is 9.15. The molecule has 2 aromatic carbocycles. The molecule has 0 aliphatic heterocycles. The van der Waals surface area contributed by atoms with E-state index < -0.39 is 0 Å². The molecule has 6 heteroatoms. The number of hydrogen-bond acceptors (Lipinski definition) is 1. The van der Waals surface area contributed by atoms with Crippen LogP contribution in [0.25, 0.3) is 27.8 Å². The molecule has 0 saturated carbocycles. The highest BCUT2D eigenvalue weighted by molar-refractivity contribution is 14.1. The Morgan fingerprint density at radius 3 is 2.32 bits per heavy atom. The Balaban J connectivity index is 2.34. The van der Waals surface area contributed by atoms with E-state index in [1.165, 1.54) is 23.7 Å². The van der Waals surface area contributed by atoms with E-state index in [0.717, 1.165) is 11.3 Å². The van der Waals surface area contributed by atoms with E-state index >= 15 is 0 Å². The normalized spacial score (nSPS) is 11.9. The van der Waals surface area contributed by atoms with Crippen molar-refractivity contribution in [2.24, 2.45) is 0 Å². The minimum absolute atomic E-state index is 0.981. The van der Waals surface area contributed by atoms with Crippen LogP contribution in [0, 0.1) is 7.14 Å². The number of fused-ring (bicyclic) bond motifs is 5. The zero-order chi connectivity index (χ0) is 13.1. The van der Waals surface area contributed by atoms with Gasteiger partial charge in [-0.1, -0.05) is 0 Å². The van der Waals surface area contributed by atoms with Crippen molar-refractivity contribution < 1.29 is 0 Å². The molecule has 0 aliphatic carbocycles. The van der Waals surface area contributed by atoms with E-state index in [-0.39, 0.29) is 0 Å². The molecule has 19 heavy (non-hydrogen) atoms. The average Bonchev–Trinajstić information content (AvgIpc) is 2.87. The van der Waals surface area contributed by atoms with E-state index in [1.54, 1.807) is 0 Å². The topological polar surface area (TPSA) is 22.2 Å². The van der Waals surface area contributed by atoms with Crippen molar-refractivity contribution >= 4 is 95.9 Å². The Labute approximate surface area is 150 Å². The summed E-state index contributed by atoms with van der Waals surface area (Å²) in [7, 11) is 0. The molecule has 0 amide bonds. The molecule has 2 heterocycles. The van der Waals surface area contributed by atoms with Gasteiger partial charge in [0.15, 0.2) is 0 Å². The molecular weight excluding hydrogens is 579 g/mol. The third-order valence-corrected chi connectivity index (χ3v) is 5.46. The Morgan fingerprint density at radius 1 is 0.842 bits per heavy atom. The van der Waals surface area contributed by atoms with Crippen molar-refractivity contribution in [1.82, 2.24) is 12.2 Å². The standard InChI is InChI=1S/C13H6I3N3/c14-7-1-3-9-11(5-7)18-12-6-8(15)2-4-10(12)19(16)13(18)17-9/h1-6H. The van der Waals surface area contributed by atoms with Crippen molar-refractivity contribution in [1.29, 1.82) is 0 Å². The fourth-order valence-corrected chi connectivity index (χ4v) is 4.04. The second-order valence-electron chi connectivity index (χ2n) is 4.29. The molecule has 3 nitrogen and oxygen atoms in total. The molecule has 0 saturated heterocycles. The summed E-state index contributed by atoms with van der Waals surface area (Å²) >= 11 is 7.01. The Bertz CT molecular complexity index is 952. The van der Waals surface area contributed by atoms with E-state index in [1.807, 2.05) is 0 Å². The zero-order valence-electron chi connectivity index (χ0n) is 9.44. The highest BCUT2D eigenvalue weighted by Crippen LogP contribution is 2.29. The first-order valence-corrected chi connectivity index (χ1v) is 8.71. The molecule has 0 unspecified atom stereocenters. The lowest BCUT2D eigenvalue weighted by Gasteiger charge is -1.96. The second-order valence-corrected chi connectivity index (χ2v) is 7.75. The molecule has 0 aliphatic rings. The summed E-state index contributed by atoms with van der Waals surface area (Å²) in [6.45, 7) is 0. The van der Waals surface area contributed by atoms with Gasteiger partial charge in [-0.3, -0.25) is 4.40 Å². The maximum absolute atomic E-state index is 4.74. The molecule has 4 rings (SSSR count). The lowest BCUT2D eigenvalue weighted by Crippen LogP contribution is -1.82. The monoisotopic (exact) mass is 585 g/mol. The van der Waals surface area contributed by atoms with Crippen LogP contribution in [-0.2, 0) is 0 Å². The van der Waals surface area contributed by atoms with Crippen LogP contribution in [0.1, 0.15) is 0 Å². The number of rotatable bonds is 0. The highest BCUT2D eigenvalue weighted by atomic mass is 127. The third-order valence-electron chi connectivity index (χ3n) is 3.16. The number of hydrogen-bond donors (Lipinski definition) is 0. The van der Waals surface area contributed by atoms with E-state index in [4.69, 9.17) is 4.98 Å². The average molecular weight is 585 g/mol. The lowest BCUT2D eigenvalue weighted by molar-refractivity contribution is 1.26. The van der Waals surface area contributed by atoms with Gasteiger partial charge in [-0.2, -0.15) is 0 Å². The summed E-state index contributed by atoms with van der Waals surface area (Å²) < 4.78 is 6.82. The number of imidazole rings is 2. The van der Waals surface area contributed by atoms with Crippen LogP contribution in [0.3, 0.4) is 0 Å². The minimum atomic E-state index is 0.981. The van der Waals surface area contributed by atoms with Gasteiger partial charge in [-0.25, -0.2) is 7.76 Å². The van der Waals surface area contributed by atoms with Crippen LogP contribution in [0.5, 0.6) is 0 Å². The predicted octanol–water partition coefficient (Wildman–Crippen LogP) is 4.85. The smallest absolute Gasteiger partial charge is 0.225 e. The largest absolute Gasteiger partial charge is 0.276 e. The predicted molar refractivity (Wildman–Crippen MR) is 103 cm³/mol. The molecule has 0 spiro atoms. The van der Waals surface area contributed by atoms with Gasteiger partial charge in [0.25, 0.3) is 0 Å². The molecule has 94 valence electrons. The van der Waals surface area contributed by atoms with Gasteiger partial charge < -0.3 is 0 Å². The lowest BCUT2D eigenvalue weighted by atomic mass is 10.3. The Hall–Kier alpha value is -0.100. The zero-order valence-corrected chi connectivity index (χ0v) is 15.9. The molecule has 0 fully saturated rings. The maximum Gasteiger partial charge on any atom is 0.225 e. The number of halogens is 3. The summed E-state index contributed by atoms with van der Waals surface area (Å²) in [5, 5.41) is 0. The van der Waals surface area contributed by atoms with Gasteiger partial charge in [-0.15, -0.1) is 0 Å². The molecular formula is C13H6I3N3. The van der Waals surface area contributed by atoms with Gasteiger partial charge in [0.05, 0.1) is 44.9 Å². The van der Waals surface area contributed by atoms with Gasteiger partial charge in [-0.05, 0) is 81.6 Å². The van der Waals surface area contributed by atoms with Crippen LogP contribution < -0.4 is 0 Å². The molecule has 0 radical (unpaired) electrons. The summed E-state index contributed by atoms with van der Waals surface area (Å²) in [6, 6.07) is 12.9. The summed E-state index contributed by atoms with van der Waals surface area (Å²) in [4.78, 5) is 4.74. The van der Waals surface area contributed by atoms with Crippen molar-refractivity contribution in [3.8, 4) is 0 Å². The van der Waals surface area contributed by atoms with Gasteiger partial charge >= 0.3 is 0 Å². The van der Waals surface area contributed by atoms with Crippen LogP contribution in [0.2, 0.25) is 0 Å². The molecule has 0 bridgehead atoms. The molecule has 4 aromatic rings. The van der Waals surface area contributed by atoms with Crippen LogP contribution >= 0.6 is 68.0 Å². The quantitative estimate of drug-likeness (QED) is 0.271. The summed E-state index contributed by atoms with van der Waals surface area (Å²) in [5.41, 5.74) is 4.62. The molecule has 0 N–H and O–H groups in total. The van der Waals surface area contributed by atoms with Gasteiger partial charge in [0, 0.05) is 7.14 Å². The number of benzene rings is 2. The van der Waals surface area contributed by atoms with Crippen molar-refractivity contribution in [2.75, 3.05) is 0 Å². The van der Waals surface area contributed by atoms with Crippen molar-refractivity contribution in [3.63, 3.8) is 0 Å². The Morgan fingerprint density at radius 2 is 1.53 bits per heavy atom. The molecule has 0 atom stereocenters. The summed E-state index contributed by atoms with van der Waals surface area (Å²) in [5.74, 6) is 0.981. The van der Waals surface area contributed by atoms with Gasteiger partial charge in [0.2, 0.25) is 5.78 Å². The summed E-state index contributed by atoms with van der Waals surface area (Å²) in [6.07, 6.45) is 0. The third kappa shape index (κ3) is 1.82. The maximum atomic E-state index is 4.74. The first kappa shape index (κ1) is 12.6. The van der Waals surface area contributed by atoms with Crippen molar-refractivity contribution in [3.05, 3.63) is 43.5 Å². The first-order valence-electron chi connectivity index (χ1n) is 5.59. The SMILES string of the molecule is Ic1ccc2nc3n(I)c4ccc(I)cc4n3c2c1. The van der Waals surface area contributed by atoms with Crippen LogP contribution in [0.4, 0.5) is 0 Å². The van der Waals surface area contributed by atoms with Crippen LogP contribution in [0.15, 0.2) is 36.4 Å². The van der Waals surface area contributed by atoms with Gasteiger partial charge in [0.1, 0.15) is 0 Å². The fourth-order valence-electron chi connectivity index (χ4n) is 2.35. The van der Waals surface area contributed by atoms with E-state index in [9.17, 15) is 0 Å². The highest BCUT2D eigenvalue weighted by Gasteiger charge is 2.14. The van der Waals surface area contributed by atoms with Crippen LogP contribution in [-0.4, -0.2) is 12.2 Å². The molecule has 2 aromatic heterocycles. The number of nitrogens with zero attached hydrogens (tertiary/aromatic N) is 3.